The van der Waals surface area contributed by atoms with E-state index in [-0.39, 0.29) is 16.8 Å². The number of pyridine rings is 1. The second kappa shape index (κ2) is 8.49. The van der Waals surface area contributed by atoms with Gasteiger partial charge in [-0.2, -0.15) is 0 Å². The fraction of sp³-hybridized carbons (Fsp3) is 0.368. The van der Waals surface area contributed by atoms with Gasteiger partial charge in [0.05, 0.1) is 10.6 Å². The first kappa shape index (κ1) is 19.3. The van der Waals surface area contributed by atoms with E-state index in [1.807, 2.05) is 11.8 Å². The Hall–Kier alpha value is -2.45. The summed E-state index contributed by atoms with van der Waals surface area (Å²) in [7, 11) is -3.71. The lowest BCUT2D eigenvalue weighted by atomic mass is 10.1. The molecule has 2 aromatic rings. The predicted octanol–water partition coefficient (Wildman–Crippen LogP) is 2.10. The molecule has 144 valence electrons. The van der Waals surface area contributed by atoms with Crippen LogP contribution in [0.5, 0.6) is 0 Å². The molecule has 8 heteroatoms. The fourth-order valence-corrected chi connectivity index (χ4v) is 4.23. The number of carbonyl (C=O) groups is 1. The molecule has 1 saturated heterocycles. The number of rotatable bonds is 7. The maximum absolute atomic E-state index is 12.9. The zero-order chi connectivity index (χ0) is 19.3. The molecule has 0 saturated carbocycles. The van der Waals surface area contributed by atoms with E-state index in [2.05, 4.69) is 15.0 Å². The number of benzene rings is 1. The smallest absolute Gasteiger partial charge is 0.261 e. The Morgan fingerprint density at radius 3 is 2.52 bits per heavy atom. The highest BCUT2D eigenvalue weighted by Crippen LogP contribution is 2.18. The minimum atomic E-state index is -3.71. The van der Waals surface area contributed by atoms with Crippen LogP contribution in [-0.2, 0) is 10.0 Å². The molecule has 1 aromatic carbocycles. The van der Waals surface area contributed by atoms with E-state index in [1.165, 1.54) is 24.5 Å². The van der Waals surface area contributed by atoms with E-state index in [9.17, 15) is 13.2 Å². The monoisotopic (exact) mass is 388 g/mol. The molecular weight excluding hydrogens is 364 g/mol. The van der Waals surface area contributed by atoms with Gasteiger partial charge in [-0.1, -0.05) is 6.92 Å². The average Bonchev–Trinajstić information content (AvgIpc) is 3.20. The van der Waals surface area contributed by atoms with Crippen molar-refractivity contribution < 1.29 is 13.2 Å². The van der Waals surface area contributed by atoms with Crippen LogP contribution in [0.3, 0.4) is 0 Å². The van der Waals surface area contributed by atoms with E-state index >= 15 is 0 Å². The molecule has 1 fully saturated rings. The maximum Gasteiger partial charge on any atom is 0.261 e. The molecule has 2 heterocycles. The van der Waals surface area contributed by atoms with Gasteiger partial charge in [-0.15, -0.1) is 0 Å². The van der Waals surface area contributed by atoms with Gasteiger partial charge in [-0.25, -0.2) is 8.42 Å². The molecule has 2 N–H and O–H groups in total. The predicted molar refractivity (Wildman–Crippen MR) is 104 cm³/mol. The quantitative estimate of drug-likeness (QED) is 0.758. The number of nitrogens with one attached hydrogen (secondary N) is 2. The van der Waals surface area contributed by atoms with Crippen molar-refractivity contribution in [3.05, 3.63) is 54.4 Å². The van der Waals surface area contributed by atoms with Gasteiger partial charge in [-0.05, 0) is 55.8 Å². The molecule has 0 radical (unpaired) electrons. The summed E-state index contributed by atoms with van der Waals surface area (Å²) in [6.07, 6.45) is 4.85. The zero-order valence-corrected chi connectivity index (χ0v) is 16.1. The van der Waals surface area contributed by atoms with Crippen LogP contribution in [0.1, 0.15) is 30.1 Å². The van der Waals surface area contributed by atoms with Gasteiger partial charge < -0.3 is 10.2 Å². The maximum atomic E-state index is 12.9. The highest BCUT2D eigenvalue weighted by molar-refractivity contribution is 7.92. The van der Waals surface area contributed by atoms with E-state index < -0.39 is 10.0 Å². The van der Waals surface area contributed by atoms with Crippen LogP contribution in [0.2, 0.25) is 0 Å². The highest BCUT2D eigenvalue weighted by atomic mass is 32.2. The molecule has 1 aliphatic heterocycles. The Morgan fingerprint density at radius 1 is 1.22 bits per heavy atom. The topological polar surface area (TPSA) is 91.4 Å². The number of hydrogen-bond donors (Lipinski definition) is 2. The largest absolute Gasteiger partial charge is 0.334 e. The average molecular weight is 388 g/mol. The second-order valence-electron chi connectivity index (χ2n) is 6.51. The number of carbonyl (C=O) groups excluding carboxylic acids is 1. The molecule has 1 aliphatic rings. The first-order chi connectivity index (χ1) is 13.0. The van der Waals surface area contributed by atoms with E-state index in [4.69, 9.17) is 0 Å². The standard InChI is InChI=1S/C19H24N4O3S/c1-2-13-23(17-9-12-21-14-17)19(24)15-3-5-18(6-4-15)27(25,26)22-16-7-10-20-11-8-16/h3-8,10-11,17,21H,2,9,12-14H2,1H3,(H,20,22). The van der Waals surface area contributed by atoms with Crippen molar-refractivity contribution in [3.63, 3.8) is 0 Å². The summed E-state index contributed by atoms with van der Waals surface area (Å²) in [4.78, 5) is 18.8. The number of amides is 1. The summed E-state index contributed by atoms with van der Waals surface area (Å²) >= 11 is 0. The number of anilines is 1. The van der Waals surface area contributed by atoms with E-state index in [0.717, 1.165) is 25.9 Å². The molecule has 3 rings (SSSR count). The van der Waals surface area contributed by atoms with Crippen LogP contribution in [0.25, 0.3) is 0 Å². The highest BCUT2D eigenvalue weighted by Gasteiger charge is 2.27. The van der Waals surface area contributed by atoms with Gasteiger partial charge in [0.2, 0.25) is 0 Å². The minimum Gasteiger partial charge on any atom is -0.334 e. The van der Waals surface area contributed by atoms with Crippen molar-refractivity contribution in [3.8, 4) is 0 Å². The van der Waals surface area contributed by atoms with Crippen LogP contribution in [0, 0.1) is 0 Å². The Morgan fingerprint density at radius 2 is 1.93 bits per heavy atom. The Balaban J connectivity index is 1.76. The van der Waals surface area contributed by atoms with Crippen LogP contribution in [0.4, 0.5) is 5.69 Å². The van der Waals surface area contributed by atoms with Crippen molar-refractivity contribution in [2.24, 2.45) is 0 Å². The molecule has 0 spiro atoms. The normalized spacial score (nSPS) is 16.9. The SMILES string of the molecule is CCCN(C(=O)c1ccc(S(=O)(=O)Nc2ccncc2)cc1)C1CCNC1. The number of sulfonamides is 1. The molecular formula is C19H24N4O3S. The van der Waals surface area contributed by atoms with Crippen LogP contribution < -0.4 is 10.0 Å². The van der Waals surface area contributed by atoms with Crippen LogP contribution in [-0.4, -0.2) is 49.9 Å². The molecule has 0 aliphatic carbocycles. The summed E-state index contributed by atoms with van der Waals surface area (Å²) < 4.78 is 27.5. The molecule has 7 nitrogen and oxygen atoms in total. The number of aromatic nitrogens is 1. The lowest BCUT2D eigenvalue weighted by Gasteiger charge is -2.28. The third kappa shape index (κ3) is 4.64. The van der Waals surface area contributed by atoms with E-state index in [0.29, 0.717) is 17.8 Å². The minimum absolute atomic E-state index is 0.0587. The molecule has 1 atom stereocenters. The first-order valence-electron chi connectivity index (χ1n) is 9.06. The molecule has 0 bridgehead atoms. The summed E-state index contributed by atoms with van der Waals surface area (Å²) in [5.74, 6) is -0.0587. The van der Waals surface area contributed by atoms with Crippen LogP contribution >= 0.6 is 0 Å². The third-order valence-corrected chi connectivity index (χ3v) is 5.94. The fourth-order valence-electron chi connectivity index (χ4n) is 3.17. The van der Waals surface area contributed by atoms with Gasteiger partial charge >= 0.3 is 0 Å². The van der Waals surface area contributed by atoms with Gasteiger partial charge in [0.15, 0.2) is 0 Å². The molecule has 1 unspecified atom stereocenters. The van der Waals surface area contributed by atoms with Gasteiger partial charge in [0.1, 0.15) is 0 Å². The molecule has 27 heavy (non-hydrogen) atoms. The van der Waals surface area contributed by atoms with Crippen molar-refractivity contribution >= 4 is 21.6 Å². The second-order valence-corrected chi connectivity index (χ2v) is 8.19. The molecule has 1 aromatic heterocycles. The Kier molecular flexibility index (Phi) is 6.08. The van der Waals surface area contributed by atoms with Gasteiger partial charge in [0.25, 0.3) is 15.9 Å². The molecule has 1 amide bonds. The Labute approximate surface area is 159 Å². The van der Waals surface area contributed by atoms with Crippen molar-refractivity contribution in [1.29, 1.82) is 0 Å². The summed E-state index contributed by atoms with van der Waals surface area (Å²) in [5.41, 5.74) is 0.936. The first-order valence-corrected chi connectivity index (χ1v) is 10.5. The lowest BCUT2D eigenvalue weighted by Crippen LogP contribution is -2.42. The Bertz CT molecular complexity index is 864. The van der Waals surface area contributed by atoms with E-state index in [1.54, 1.807) is 24.3 Å². The number of nitrogens with zero attached hydrogens (tertiary/aromatic N) is 2. The third-order valence-electron chi connectivity index (χ3n) is 4.54. The summed E-state index contributed by atoms with van der Waals surface area (Å²) in [5, 5.41) is 3.28. The number of hydrogen-bond acceptors (Lipinski definition) is 5. The van der Waals surface area contributed by atoms with Crippen molar-refractivity contribution in [2.75, 3.05) is 24.4 Å². The van der Waals surface area contributed by atoms with Gasteiger partial charge in [-0.3, -0.25) is 14.5 Å². The lowest BCUT2D eigenvalue weighted by molar-refractivity contribution is 0.0692. The zero-order valence-electron chi connectivity index (χ0n) is 15.3. The van der Waals surface area contributed by atoms with Crippen LogP contribution in [0.15, 0.2) is 53.7 Å². The summed E-state index contributed by atoms with van der Waals surface area (Å²) in [6, 6.07) is 9.43. The van der Waals surface area contributed by atoms with Crippen molar-refractivity contribution in [1.82, 2.24) is 15.2 Å². The summed E-state index contributed by atoms with van der Waals surface area (Å²) in [6.45, 7) is 4.45. The van der Waals surface area contributed by atoms with Gasteiger partial charge in [0, 0.05) is 37.1 Å². The van der Waals surface area contributed by atoms with Crippen molar-refractivity contribution in [2.45, 2.75) is 30.7 Å².